The summed E-state index contributed by atoms with van der Waals surface area (Å²) >= 11 is 17.6. The van der Waals surface area contributed by atoms with E-state index in [1.807, 2.05) is 0 Å². The van der Waals surface area contributed by atoms with Crippen LogP contribution in [0.2, 0.25) is 0 Å². The van der Waals surface area contributed by atoms with E-state index in [0.29, 0.717) is 0 Å². The maximum absolute atomic E-state index is 4.39. The summed E-state index contributed by atoms with van der Waals surface area (Å²) in [7, 11) is 0. The second-order valence-electron chi connectivity index (χ2n) is 0.575. The SMILES string of the molecule is [Ni].[S-]C([S-])=C([S-])[S-]. The first-order chi connectivity index (χ1) is 2.64. The molecule has 0 bridgehead atoms. The van der Waals surface area contributed by atoms with Gasteiger partial charge in [0.2, 0.25) is 0 Å². The van der Waals surface area contributed by atoms with Gasteiger partial charge in [0.25, 0.3) is 0 Å². The molecule has 7 heavy (non-hydrogen) atoms. The molecule has 0 radical (unpaired) electrons. The Morgan fingerprint density at radius 1 is 0.714 bits per heavy atom. The zero-order chi connectivity index (χ0) is 5.15. The maximum atomic E-state index is 4.39. The van der Waals surface area contributed by atoms with Crippen molar-refractivity contribution >= 4 is 50.5 Å². The van der Waals surface area contributed by atoms with Gasteiger partial charge in [-0.2, -0.15) is 0 Å². The fourth-order valence-electron chi connectivity index (χ4n) is 0. The molecule has 0 unspecified atom stereocenters. The molecule has 0 fully saturated rings. The van der Waals surface area contributed by atoms with E-state index in [4.69, 9.17) is 0 Å². The third kappa shape index (κ3) is 7.11. The van der Waals surface area contributed by atoms with Crippen molar-refractivity contribution in [2.24, 2.45) is 0 Å². The number of hydrogen-bond donors (Lipinski definition) is 0. The van der Waals surface area contributed by atoms with Crippen LogP contribution in [0.5, 0.6) is 0 Å². The Bertz CT molecular complexity index is 59.8. The second kappa shape index (κ2) is 5.25. The summed E-state index contributed by atoms with van der Waals surface area (Å²) < 4.78 is 0.444. The molecule has 0 heterocycles. The van der Waals surface area contributed by atoms with Gasteiger partial charge in [0.15, 0.2) is 0 Å². The summed E-state index contributed by atoms with van der Waals surface area (Å²) in [6.45, 7) is 0. The van der Waals surface area contributed by atoms with Crippen LogP contribution >= 0.6 is 0 Å². The van der Waals surface area contributed by atoms with Crippen LogP contribution in [-0.4, -0.2) is 0 Å². The average Bonchev–Trinajstić information content (AvgIpc) is 1.36. The third-order valence-electron chi connectivity index (χ3n) is 0.167. The van der Waals surface area contributed by atoms with Crippen LogP contribution in [0.1, 0.15) is 0 Å². The van der Waals surface area contributed by atoms with Gasteiger partial charge in [0, 0.05) is 16.5 Å². The first-order valence-corrected chi connectivity index (χ1v) is 2.70. The molecule has 0 aliphatic rings. The zero-order valence-electron chi connectivity index (χ0n) is 2.95. The second-order valence-corrected chi connectivity index (χ2v) is 2.72. The van der Waals surface area contributed by atoms with Gasteiger partial charge in [-0.25, -0.2) is 0 Å². The van der Waals surface area contributed by atoms with E-state index in [-0.39, 0.29) is 25.0 Å². The van der Waals surface area contributed by atoms with Crippen molar-refractivity contribution in [3.63, 3.8) is 0 Å². The van der Waals surface area contributed by atoms with Gasteiger partial charge in [-0.3, -0.25) is 0 Å². The molecule has 0 aromatic carbocycles. The maximum Gasteiger partial charge on any atom is 0 e. The average molecular weight is 211 g/mol. The van der Waals surface area contributed by atoms with Crippen molar-refractivity contribution in [3.8, 4) is 0 Å². The van der Waals surface area contributed by atoms with Crippen LogP contribution in [0.3, 0.4) is 0 Å². The van der Waals surface area contributed by atoms with Crippen LogP contribution < -0.4 is 0 Å². The summed E-state index contributed by atoms with van der Waals surface area (Å²) in [5, 5.41) is 0. The van der Waals surface area contributed by atoms with Crippen molar-refractivity contribution in [1.29, 1.82) is 0 Å². The summed E-state index contributed by atoms with van der Waals surface area (Å²) in [5.41, 5.74) is 0. The van der Waals surface area contributed by atoms with E-state index in [9.17, 15) is 0 Å². The summed E-state index contributed by atoms with van der Waals surface area (Å²) in [4.78, 5) is 0. The Hall–Kier alpha value is 1.11. The van der Waals surface area contributed by atoms with Gasteiger partial charge in [-0.1, -0.05) is 0 Å². The molecular weight excluding hydrogens is 211 g/mol. The summed E-state index contributed by atoms with van der Waals surface area (Å²) in [6, 6.07) is 0. The molecular formula is C2NiS4-4. The first kappa shape index (κ1) is 11.0. The molecule has 0 aliphatic carbocycles. The van der Waals surface area contributed by atoms with Crippen molar-refractivity contribution < 1.29 is 16.5 Å². The molecule has 0 saturated carbocycles. The molecule has 0 aromatic rings. The fraction of sp³-hybridized carbons (Fsp3) is 0. The van der Waals surface area contributed by atoms with Crippen molar-refractivity contribution in [2.75, 3.05) is 0 Å². The predicted molar refractivity (Wildman–Crippen MR) is 36.5 cm³/mol. The summed E-state index contributed by atoms with van der Waals surface area (Å²) in [5.74, 6) is 0. The van der Waals surface area contributed by atoms with Crippen LogP contribution in [-0.2, 0) is 67.0 Å². The van der Waals surface area contributed by atoms with E-state index >= 15 is 0 Å². The molecule has 0 nitrogen and oxygen atoms in total. The number of rotatable bonds is 0. The molecule has 0 saturated heterocycles. The van der Waals surface area contributed by atoms with Crippen molar-refractivity contribution in [2.45, 2.75) is 0 Å². The van der Waals surface area contributed by atoms with Crippen LogP contribution in [0.15, 0.2) is 8.47 Å². The van der Waals surface area contributed by atoms with Crippen LogP contribution in [0.4, 0.5) is 0 Å². The molecule has 0 amide bonds. The Balaban J connectivity index is 0. The summed E-state index contributed by atoms with van der Waals surface area (Å²) in [6.07, 6.45) is 0. The molecule has 0 N–H and O–H groups in total. The van der Waals surface area contributed by atoms with Crippen LogP contribution in [0, 0.1) is 0 Å². The minimum atomic E-state index is 0. The topological polar surface area (TPSA) is 0 Å². The first-order valence-electron chi connectivity index (χ1n) is 1.07. The number of hydrogen-bond acceptors (Lipinski definition) is 4. The molecule has 0 atom stereocenters. The van der Waals surface area contributed by atoms with E-state index in [2.05, 4.69) is 50.5 Å². The van der Waals surface area contributed by atoms with Crippen LogP contribution in [0.25, 0.3) is 0 Å². The van der Waals surface area contributed by atoms with Gasteiger partial charge in [-0.05, 0) is 0 Å². The van der Waals surface area contributed by atoms with Crippen molar-refractivity contribution in [1.82, 2.24) is 0 Å². The normalized spacial score (nSPS) is 6.29. The van der Waals surface area contributed by atoms with Gasteiger partial charge in [0.1, 0.15) is 0 Å². The molecule has 0 spiro atoms. The predicted octanol–water partition coefficient (Wildman–Crippen LogP) is 0.298. The molecule has 0 aromatic heterocycles. The van der Waals surface area contributed by atoms with Gasteiger partial charge >= 0.3 is 0 Å². The van der Waals surface area contributed by atoms with E-state index in [1.165, 1.54) is 0 Å². The largest absolute Gasteiger partial charge is 0.810 e. The van der Waals surface area contributed by atoms with E-state index in [0.717, 1.165) is 0 Å². The molecule has 46 valence electrons. The van der Waals surface area contributed by atoms with E-state index < -0.39 is 0 Å². The van der Waals surface area contributed by atoms with Crippen molar-refractivity contribution in [3.05, 3.63) is 8.47 Å². The molecule has 0 aliphatic heterocycles. The fourth-order valence-corrected chi connectivity index (χ4v) is 0. The monoisotopic (exact) mass is 210 g/mol. The molecule has 5 heteroatoms. The quantitative estimate of drug-likeness (QED) is 0.417. The molecule has 0 rings (SSSR count). The minimum absolute atomic E-state index is 0. The van der Waals surface area contributed by atoms with E-state index in [1.54, 1.807) is 0 Å². The standard InChI is InChI=1S/C2H4S4.Ni/c3-1(4)2(5)6;/h3-6H;/p-4. The van der Waals surface area contributed by atoms with Gasteiger partial charge in [0.05, 0.1) is 0 Å². The van der Waals surface area contributed by atoms with Gasteiger partial charge < -0.3 is 59.0 Å². The zero-order valence-corrected chi connectivity index (χ0v) is 7.20. The Labute approximate surface area is 75.1 Å². The minimum Gasteiger partial charge on any atom is -0.810 e. The Kier molecular flexibility index (Phi) is 8.25. The smallest absolute Gasteiger partial charge is 0 e. The van der Waals surface area contributed by atoms with Gasteiger partial charge in [-0.15, -0.1) is 0 Å². The Morgan fingerprint density at radius 3 is 0.857 bits per heavy atom. The Morgan fingerprint density at radius 2 is 0.857 bits per heavy atom. The third-order valence-corrected chi connectivity index (χ3v) is 1.50.